The zero-order chi connectivity index (χ0) is 9.26. The molecule has 0 radical (unpaired) electrons. The average molecular weight is 196 g/mol. The van der Waals surface area contributed by atoms with E-state index >= 15 is 0 Å². The SMILES string of the molecule is Cc1cnc(SC2COC2)c(N)c1. The first-order chi connectivity index (χ1) is 6.25. The maximum absolute atomic E-state index is 5.82. The predicted octanol–water partition coefficient (Wildman–Crippen LogP) is 1.46. The molecule has 13 heavy (non-hydrogen) atoms. The predicted molar refractivity (Wildman–Crippen MR) is 53.9 cm³/mol. The zero-order valence-corrected chi connectivity index (χ0v) is 8.30. The topological polar surface area (TPSA) is 48.1 Å². The fraction of sp³-hybridized carbons (Fsp3) is 0.444. The molecule has 1 saturated heterocycles. The number of hydrogen-bond donors (Lipinski definition) is 1. The maximum atomic E-state index is 5.82. The van der Waals surface area contributed by atoms with Gasteiger partial charge in [-0.3, -0.25) is 0 Å². The van der Waals surface area contributed by atoms with Crippen LogP contribution < -0.4 is 5.73 Å². The second-order valence-corrected chi connectivity index (χ2v) is 4.47. The van der Waals surface area contributed by atoms with Gasteiger partial charge in [-0.15, -0.1) is 0 Å². The van der Waals surface area contributed by atoms with Gasteiger partial charge in [0.25, 0.3) is 0 Å². The van der Waals surface area contributed by atoms with Gasteiger partial charge in [-0.2, -0.15) is 0 Å². The lowest BCUT2D eigenvalue weighted by Crippen LogP contribution is -2.30. The summed E-state index contributed by atoms with van der Waals surface area (Å²) in [5, 5.41) is 1.47. The van der Waals surface area contributed by atoms with Crippen LogP contribution in [0.2, 0.25) is 0 Å². The van der Waals surface area contributed by atoms with Crippen LogP contribution in [0, 0.1) is 6.92 Å². The Morgan fingerprint density at radius 2 is 2.38 bits per heavy atom. The number of aryl methyl sites for hydroxylation is 1. The van der Waals surface area contributed by atoms with Crippen molar-refractivity contribution in [3.63, 3.8) is 0 Å². The molecule has 2 heterocycles. The van der Waals surface area contributed by atoms with Gasteiger partial charge in [0, 0.05) is 6.20 Å². The van der Waals surface area contributed by atoms with Gasteiger partial charge in [-0.05, 0) is 18.6 Å². The Balaban J connectivity index is 2.10. The number of anilines is 1. The minimum Gasteiger partial charge on any atom is -0.397 e. The van der Waals surface area contributed by atoms with Crippen LogP contribution in [0.4, 0.5) is 5.69 Å². The van der Waals surface area contributed by atoms with Crippen molar-refractivity contribution < 1.29 is 4.74 Å². The van der Waals surface area contributed by atoms with Crippen molar-refractivity contribution in [2.75, 3.05) is 18.9 Å². The van der Waals surface area contributed by atoms with E-state index in [0.717, 1.165) is 29.5 Å². The van der Waals surface area contributed by atoms with E-state index in [4.69, 9.17) is 10.5 Å². The molecule has 0 bridgehead atoms. The van der Waals surface area contributed by atoms with Crippen molar-refractivity contribution in [1.29, 1.82) is 0 Å². The molecule has 0 amide bonds. The van der Waals surface area contributed by atoms with Crippen LogP contribution >= 0.6 is 11.8 Å². The molecule has 1 aromatic rings. The Morgan fingerprint density at radius 3 is 2.92 bits per heavy atom. The minimum absolute atomic E-state index is 0.539. The van der Waals surface area contributed by atoms with Crippen molar-refractivity contribution in [1.82, 2.24) is 4.98 Å². The molecule has 0 atom stereocenters. The van der Waals surface area contributed by atoms with Crippen molar-refractivity contribution in [2.45, 2.75) is 17.2 Å². The number of nitrogens with two attached hydrogens (primary N) is 1. The third-order valence-electron chi connectivity index (χ3n) is 1.90. The summed E-state index contributed by atoms with van der Waals surface area (Å²) in [5.41, 5.74) is 7.70. The summed E-state index contributed by atoms with van der Waals surface area (Å²) < 4.78 is 5.08. The van der Waals surface area contributed by atoms with E-state index in [-0.39, 0.29) is 0 Å². The molecule has 1 aliphatic rings. The highest BCUT2D eigenvalue weighted by atomic mass is 32.2. The molecular formula is C9H12N2OS. The van der Waals surface area contributed by atoms with Gasteiger partial charge in [-0.1, -0.05) is 11.8 Å². The Morgan fingerprint density at radius 1 is 1.62 bits per heavy atom. The fourth-order valence-corrected chi connectivity index (χ4v) is 2.07. The number of pyridine rings is 1. The average Bonchev–Trinajstić information content (AvgIpc) is 1.99. The van der Waals surface area contributed by atoms with Gasteiger partial charge < -0.3 is 10.5 Å². The third kappa shape index (κ3) is 1.95. The summed E-state index contributed by atoms with van der Waals surface area (Å²) >= 11 is 1.70. The van der Waals surface area contributed by atoms with Gasteiger partial charge >= 0.3 is 0 Å². The van der Waals surface area contributed by atoms with Crippen LogP contribution in [0.15, 0.2) is 17.3 Å². The van der Waals surface area contributed by atoms with E-state index < -0.39 is 0 Å². The highest BCUT2D eigenvalue weighted by Gasteiger charge is 2.21. The van der Waals surface area contributed by atoms with Crippen molar-refractivity contribution in [3.8, 4) is 0 Å². The monoisotopic (exact) mass is 196 g/mol. The Hall–Kier alpha value is -0.740. The van der Waals surface area contributed by atoms with Crippen LogP contribution in [0.1, 0.15) is 5.56 Å². The van der Waals surface area contributed by atoms with Crippen LogP contribution in [-0.4, -0.2) is 23.4 Å². The fourth-order valence-electron chi connectivity index (χ4n) is 1.12. The minimum atomic E-state index is 0.539. The summed E-state index contributed by atoms with van der Waals surface area (Å²) in [7, 11) is 0. The number of nitrogen functional groups attached to an aromatic ring is 1. The first kappa shape index (κ1) is 8.84. The molecule has 2 N–H and O–H groups in total. The summed E-state index contributed by atoms with van der Waals surface area (Å²) in [6, 6.07) is 1.95. The molecule has 4 heteroatoms. The smallest absolute Gasteiger partial charge is 0.119 e. The van der Waals surface area contributed by atoms with Crippen molar-refractivity contribution in [2.24, 2.45) is 0 Å². The Labute approximate surface area is 81.7 Å². The van der Waals surface area contributed by atoms with E-state index in [1.54, 1.807) is 11.8 Å². The molecule has 0 spiro atoms. The molecular weight excluding hydrogens is 184 g/mol. The molecule has 3 nitrogen and oxygen atoms in total. The lowest BCUT2D eigenvalue weighted by molar-refractivity contribution is 0.0455. The lowest BCUT2D eigenvalue weighted by Gasteiger charge is -2.25. The molecule has 2 rings (SSSR count). The first-order valence-electron chi connectivity index (χ1n) is 4.22. The highest BCUT2D eigenvalue weighted by Crippen LogP contribution is 2.30. The van der Waals surface area contributed by atoms with Gasteiger partial charge in [-0.25, -0.2) is 4.98 Å². The maximum Gasteiger partial charge on any atom is 0.119 e. The van der Waals surface area contributed by atoms with E-state index in [1.807, 2.05) is 19.2 Å². The summed E-state index contributed by atoms with van der Waals surface area (Å²) in [5.74, 6) is 0. The highest BCUT2D eigenvalue weighted by molar-refractivity contribution is 8.00. The lowest BCUT2D eigenvalue weighted by atomic mass is 10.3. The molecule has 1 aliphatic heterocycles. The molecule has 0 aromatic carbocycles. The number of hydrogen-bond acceptors (Lipinski definition) is 4. The molecule has 0 unspecified atom stereocenters. The Kier molecular flexibility index (Phi) is 2.42. The van der Waals surface area contributed by atoms with Gasteiger partial charge in [0.15, 0.2) is 0 Å². The third-order valence-corrected chi connectivity index (χ3v) is 3.07. The summed E-state index contributed by atoms with van der Waals surface area (Å²) in [6.07, 6.45) is 1.85. The number of rotatable bonds is 2. The van der Waals surface area contributed by atoms with Crippen molar-refractivity contribution >= 4 is 17.4 Å². The van der Waals surface area contributed by atoms with E-state index in [0.29, 0.717) is 5.25 Å². The number of ether oxygens (including phenoxy) is 1. The molecule has 70 valence electrons. The number of aromatic nitrogens is 1. The first-order valence-corrected chi connectivity index (χ1v) is 5.10. The van der Waals surface area contributed by atoms with Gasteiger partial charge in [0.2, 0.25) is 0 Å². The van der Waals surface area contributed by atoms with E-state index in [1.165, 1.54) is 0 Å². The van der Waals surface area contributed by atoms with Crippen LogP contribution in [-0.2, 0) is 4.74 Å². The largest absolute Gasteiger partial charge is 0.397 e. The van der Waals surface area contributed by atoms with E-state index in [2.05, 4.69) is 4.98 Å². The van der Waals surface area contributed by atoms with Crippen LogP contribution in [0.3, 0.4) is 0 Å². The number of thioether (sulfide) groups is 1. The van der Waals surface area contributed by atoms with Crippen LogP contribution in [0.5, 0.6) is 0 Å². The zero-order valence-electron chi connectivity index (χ0n) is 7.49. The second kappa shape index (κ2) is 3.55. The standard InChI is InChI=1S/C9H12N2OS/c1-6-2-8(10)9(11-3-6)13-7-4-12-5-7/h2-3,7H,4-5,10H2,1H3. The summed E-state index contributed by atoms with van der Waals surface area (Å²) in [4.78, 5) is 4.28. The van der Waals surface area contributed by atoms with Gasteiger partial charge in [0.05, 0.1) is 24.2 Å². The molecule has 1 fully saturated rings. The molecule has 0 aliphatic carbocycles. The molecule has 1 aromatic heterocycles. The Bertz CT molecular complexity index is 312. The quantitative estimate of drug-likeness (QED) is 0.778. The van der Waals surface area contributed by atoms with E-state index in [9.17, 15) is 0 Å². The van der Waals surface area contributed by atoms with Gasteiger partial charge in [0.1, 0.15) is 5.03 Å². The second-order valence-electron chi connectivity index (χ2n) is 3.18. The van der Waals surface area contributed by atoms with Crippen LogP contribution in [0.25, 0.3) is 0 Å². The summed E-state index contributed by atoms with van der Waals surface area (Å²) in [6.45, 7) is 3.63. The molecule has 0 saturated carbocycles. The normalized spacial score (nSPS) is 17.0. The van der Waals surface area contributed by atoms with Crippen molar-refractivity contribution in [3.05, 3.63) is 17.8 Å². The number of nitrogens with zero attached hydrogens (tertiary/aromatic N) is 1.